The van der Waals surface area contributed by atoms with E-state index in [9.17, 15) is 4.79 Å². The van der Waals surface area contributed by atoms with Crippen LogP contribution in [-0.2, 0) is 28.9 Å². The number of hydrogen-bond acceptors (Lipinski definition) is 4. The molecule has 0 unspecified atom stereocenters. The Bertz CT molecular complexity index is 827. The molecular formula is C23H32N4O2. The number of aryl methyl sites for hydroxylation is 2. The number of ether oxygens (including phenoxy) is 1. The van der Waals surface area contributed by atoms with E-state index in [0.29, 0.717) is 6.54 Å². The first-order valence-corrected chi connectivity index (χ1v) is 10.7. The molecule has 2 atom stereocenters. The zero-order chi connectivity index (χ0) is 20.4. The SMILES string of the molecule is Cc1nccn1CCCNC(=O)C1(N2C[C@@H](C)O[C@@H](C)C2)Cc2ccccc2C1. The van der Waals surface area contributed by atoms with Gasteiger partial charge < -0.3 is 14.6 Å². The highest BCUT2D eigenvalue weighted by atomic mass is 16.5. The van der Waals surface area contributed by atoms with Gasteiger partial charge in [-0.25, -0.2) is 4.98 Å². The molecule has 1 aromatic carbocycles. The lowest BCUT2D eigenvalue weighted by Gasteiger charge is -2.45. The van der Waals surface area contributed by atoms with Gasteiger partial charge >= 0.3 is 0 Å². The largest absolute Gasteiger partial charge is 0.373 e. The summed E-state index contributed by atoms with van der Waals surface area (Å²) < 4.78 is 8.07. The molecule has 1 saturated heterocycles. The van der Waals surface area contributed by atoms with Crippen LogP contribution in [0.25, 0.3) is 0 Å². The second-order valence-corrected chi connectivity index (χ2v) is 8.59. The third-order valence-corrected chi connectivity index (χ3v) is 6.32. The average molecular weight is 397 g/mol. The Hall–Kier alpha value is -2.18. The number of imidazole rings is 1. The van der Waals surface area contributed by atoms with Gasteiger partial charge in [0.05, 0.1) is 12.2 Å². The monoisotopic (exact) mass is 396 g/mol. The number of amides is 1. The van der Waals surface area contributed by atoms with Crippen LogP contribution >= 0.6 is 0 Å². The highest BCUT2D eigenvalue weighted by Gasteiger charge is 2.49. The van der Waals surface area contributed by atoms with Gasteiger partial charge in [-0.1, -0.05) is 24.3 Å². The topological polar surface area (TPSA) is 59.4 Å². The van der Waals surface area contributed by atoms with Crippen molar-refractivity contribution < 1.29 is 9.53 Å². The second-order valence-electron chi connectivity index (χ2n) is 8.59. The highest BCUT2D eigenvalue weighted by Crippen LogP contribution is 2.36. The van der Waals surface area contributed by atoms with E-state index in [0.717, 1.165) is 44.7 Å². The molecule has 1 fully saturated rings. The summed E-state index contributed by atoms with van der Waals surface area (Å²) in [5.41, 5.74) is 2.08. The number of carbonyl (C=O) groups excluding carboxylic acids is 1. The maximum absolute atomic E-state index is 13.6. The molecular weight excluding hydrogens is 364 g/mol. The van der Waals surface area contributed by atoms with Crippen LogP contribution in [0.15, 0.2) is 36.7 Å². The third-order valence-electron chi connectivity index (χ3n) is 6.32. The van der Waals surface area contributed by atoms with E-state index in [1.54, 1.807) is 0 Å². The molecule has 1 N–H and O–H groups in total. The lowest BCUT2D eigenvalue weighted by molar-refractivity contribution is -0.144. The van der Waals surface area contributed by atoms with E-state index in [4.69, 9.17) is 4.74 Å². The average Bonchev–Trinajstić information content (AvgIpc) is 3.28. The maximum atomic E-state index is 13.6. The van der Waals surface area contributed by atoms with Crippen LogP contribution in [0.3, 0.4) is 0 Å². The summed E-state index contributed by atoms with van der Waals surface area (Å²) >= 11 is 0. The van der Waals surface area contributed by atoms with E-state index >= 15 is 0 Å². The molecule has 2 heterocycles. The number of rotatable bonds is 6. The third kappa shape index (κ3) is 4.09. The van der Waals surface area contributed by atoms with E-state index < -0.39 is 5.54 Å². The number of hydrogen-bond donors (Lipinski definition) is 1. The van der Waals surface area contributed by atoms with Gasteiger partial charge in [-0.15, -0.1) is 0 Å². The smallest absolute Gasteiger partial charge is 0.241 e. The second kappa shape index (κ2) is 8.28. The van der Waals surface area contributed by atoms with Gasteiger partial charge in [0.1, 0.15) is 11.4 Å². The summed E-state index contributed by atoms with van der Waals surface area (Å²) in [5, 5.41) is 3.25. The van der Waals surface area contributed by atoms with Crippen molar-refractivity contribution in [3.63, 3.8) is 0 Å². The van der Waals surface area contributed by atoms with Crippen LogP contribution in [0.5, 0.6) is 0 Å². The highest BCUT2D eigenvalue weighted by molar-refractivity contribution is 5.88. The number of morpholine rings is 1. The van der Waals surface area contributed by atoms with Crippen LogP contribution in [0.2, 0.25) is 0 Å². The van der Waals surface area contributed by atoms with Crippen molar-refractivity contribution in [1.82, 2.24) is 19.8 Å². The Balaban J connectivity index is 1.47. The molecule has 4 rings (SSSR count). The molecule has 1 amide bonds. The fourth-order valence-corrected chi connectivity index (χ4v) is 4.91. The Kier molecular flexibility index (Phi) is 5.74. The van der Waals surface area contributed by atoms with Crippen molar-refractivity contribution >= 4 is 5.91 Å². The quantitative estimate of drug-likeness (QED) is 0.762. The minimum absolute atomic E-state index is 0.136. The Labute approximate surface area is 173 Å². The van der Waals surface area contributed by atoms with Crippen LogP contribution in [-0.4, -0.2) is 57.7 Å². The molecule has 6 heteroatoms. The molecule has 0 radical (unpaired) electrons. The minimum atomic E-state index is -0.513. The predicted molar refractivity (Wildman–Crippen MR) is 113 cm³/mol. The van der Waals surface area contributed by atoms with Gasteiger partial charge in [0.2, 0.25) is 5.91 Å². The summed E-state index contributed by atoms with van der Waals surface area (Å²) in [5.74, 6) is 1.16. The number of aromatic nitrogens is 2. The molecule has 6 nitrogen and oxygen atoms in total. The number of benzene rings is 1. The molecule has 1 aliphatic heterocycles. The fourth-order valence-electron chi connectivity index (χ4n) is 4.91. The first-order valence-electron chi connectivity index (χ1n) is 10.7. The number of carbonyl (C=O) groups is 1. The molecule has 0 saturated carbocycles. The molecule has 29 heavy (non-hydrogen) atoms. The number of fused-ring (bicyclic) bond motifs is 1. The molecule has 0 bridgehead atoms. The first-order chi connectivity index (χ1) is 14.0. The zero-order valence-corrected chi connectivity index (χ0v) is 17.7. The Morgan fingerprint density at radius 2 is 1.86 bits per heavy atom. The van der Waals surface area contributed by atoms with E-state index in [1.807, 2.05) is 19.3 Å². The lowest BCUT2D eigenvalue weighted by atomic mass is 9.90. The van der Waals surface area contributed by atoms with E-state index in [1.165, 1.54) is 11.1 Å². The molecule has 0 spiro atoms. The normalized spacial score (nSPS) is 23.7. The molecule has 2 aliphatic rings. The van der Waals surface area contributed by atoms with E-state index in [2.05, 4.69) is 57.9 Å². The van der Waals surface area contributed by atoms with Gasteiger partial charge in [0.25, 0.3) is 0 Å². The van der Waals surface area contributed by atoms with Gasteiger partial charge in [-0.3, -0.25) is 9.69 Å². The molecule has 2 aromatic rings. The predicted octanol–water partition coefficient (Wildman–Crippen LogP) is 2.34. The van der Waals surface area contributed by atoms with Gasteiger partial charge in [-0.2, -0.15) is 0 Å². The molecule has 1 aliphatic carbocycles. The first kappa shape index (κ1) is 20.1. The fraction of sp³-hybridized carbons (Fsp3) is 0.565. The zero-order valence-electron chi connectivity index (χ0n) is 17.7. The minimum Gasteiger partial charge on any atom is -0.373 e. The van der Waals surface area contributed by atoms with Crippen molar-refractivity contribution in [2.24, 2.45) is 0 Å². The Morgan fingerprint density at radius 3 is 2.45 bits per heavy atom. The molecule has 156 valence electrons. The molecule has 1 aromatic heterocycles. The van der Waals surface area contributed by atoms with Crippen molar-refractivity contribution in [1.29, 1.82) is 0 Å². The Morgan fingerprint density at radius 1 is 1.21 bits per heavy atom. The summed E-state index contributed by atoms with van der Waals surface area (Å²) in [7, 11) is 0. The van der Waals surface area contributed by atoms with Crippen molar-refractivity contribution in [3.05, 3.63) is 53.6 Å². The van der Waals surface area contributed by atoms with Crippen LogP contribution < -0.4 is 5.32 Å². The maximum Gasteiger partial charge on any atom is 0.241 e. The van der Waals surface area contributed by atoms with Gasteiger partial charge in [-0.05, 0) is 38.3 Å². The van der Waals surface area contributed by atoms with Crippen molar-refractivity contribution in [2.75, 3.05) is 19.6 Å². The van der Waals surface area contributed by atoms with Crippen LogP contribution in [0.1, 0.15) is 37.2 Å². The van der Waals surface area contributed by atoms with Crippen molar-refractivity contribution in [2.45, 2.75) is 64.3 Å². The van der Waals surface area contributed by atoms with Crippen LogP contribution in [0, 0.1) is 6.92 Å². The standard InChI is InChI=1S/C23H32N4O2/c1-17-15-27(16-18(2)29-17)23(13-20-7-4-5-8-21(20)14-23)22(28)25-9-6-11-26-12-10-24-19(26)3/h4-5,7-8,10,12,17-18H,6,9,11,13-16H2,1-3H3,(H,25,28)/t17-,18+. The summed E-state index contributed by atoms with van der Waals surface area (Å²) in [6, 6.07) is 8.48. The summed E-state index contributed by atoms with van der Waals surface area (Å²) in [6.07, 6.45) is 6.52. The number of nitrogens with one attached hydrogen (secondary N) is 1. The lowest BCUT2D eigenvalue weighted by Crippen LogP contribution is -2.64. The van der Waals surface area contributed by atoms with Gasteiger partial charge in [0.15, 0.2) is 0 Å². The number of nitrogens with zero attached hydrogens (tertiary/aromatic N) is 3. The summed E-state index contributed by atoms with van der Waals surface area (Å²) in [6.45, 7) is 9.33. The summed E-state index contributed by atoms with van der Waals surface area (Å²) in [4.78, 5) is 20.2. The van der Waals surface area contributed by atoms with E-state index in [-0.39, 0.29) is 18.1 Å². The van der Waals surface area contributed by atoms with Gasteiger partial charge in [0, 0.05) is 51.4 Å². The van der Waals surface area contributed by atoms with Crippen LogP contribution in [0.4, 0.5) is 0 Å². The van der Waals surface area contributed by atoms with Crippen molar-refractivity contribution in [3.8, 4) is 0 Å².